The van der Waals surface area contributed by atoms with E-state index < -0.39 is 0 Å². The van der Waals surface area contributed by atoms with Crippen LogP contribution in [0, 0.1) is 5.92 Å². The molecular weight excluding hydrogens is 218 g/mol. The number of morpholine rings is 1. The van der Waals surface area contributed by atoms with Crippen LogP contribution in [0.15, 0.2) is 0 Å². The molecule has 0 saturated carbocycles. The first kappa shape index (κ1) is 12.6. The fourth-order valence-electron chi connectivity index (χ4n) is 2.29. The monoisotopic (exact) mass is 241 g/mol. The molecule has 2 aliphatic rings. The molecule has 0 aromatic carbocycles. The average Bonchev–Trinajstić information content (AvgIpc) is 2.70. The van der Waals surface area contributed by atoms with Crippen LogP contribution in [0.3, 0.4) is 0 Å². The summed E-state index contributed by atoms with van der Waals surface area (Å²) in [6.07, 6.45) is 1.18. The van der Waals surface area contributed by atoms with E-state index in [1.54, 1.807) is 0 Å². The summed E-state index contributed by atoms with van der Waals surface area (Å²) in [5.74, 6) is 0.497. The predicted molar refractivity (Wildman–Crippen MR) is 66.0 cm³/mol. The molecule has 2 N–H and O–H groups in total. The molecule has 0 aromatic heterocycles. The van der Waals surface area contributed by atoms with Gasteiger partial charge in [0.1, 0.15) is 0 Å². The minimum absolute atomic E-state index is 0.0764. The average molecular weight is 241 g/mol. The maximum absolute atomic E-state index is 11.7. The molecule has 0 aliphatic carbocycles. The number of carbonyl (C=O) groups excluding carboxylic acids is 1. The molecule has 2 rings (SSSR count). The van der Waals surface area contributed by atoms with Crippen molar-refractivity contribution in [2.75, 3.05) is 32.8 Å². The van der Waals surface area contributed by atoms with E-state index in [2.05, 4.69) is 24.5 Å². The van der Waals surface area contributed by atoms with Crippen LogP contribution in [0.5, 0.6) is 0 Å². The molecule has 17 heavy (non-hydrogen) atoms. The van der Waals surface area contributed by atoms with Gasteiger partial charge < -0.3 is 20.3 Å². The fraction of sp³-hybridized carbons (Fsp3) is 0.917. The second-order valence-electron chi connectivity index (χ2n) is 5.23. The maximum atomic E-state index is 11.7. The minimum atomic E-state index is 0.0764. The number of ether oxygens (including phenoxy) is 1. The maximum Gasteiger partial charge on any atom is 0.317 e. The van der Waals surface area contributed by atoms with Crippen LogP contribution in [0.2, 0.25) is 0 Å². The molecule has 0 bridgehead atoms. The highest BCUT2D eigenvalue weighted by molar-refractivity contribution is 5.76. The van der Waals surface area contributed by atoms with Gasteiger partial charge in [0.15, 0.2) is 0 Å². The Balaban J connectivity index is 1.73. The SMILES string of the molecule is CC(C)C1CN(CCC2CNCCO2)C(=O)N1. The first-order chi connectivity index (χ1) is 8.16. The van der Waals surface area contributed by atoms with Crippen molar-refractivity contribution in [3.05, 3.63) is 0 Å². The van der Waals surface area contributed by atoms with Crippen molar-refractivity contribution >= 4 is 6.03 Å². The third-order valence-electron chi connectivity index (χ3n) is 3.54. The van der Waals surface area contributed by atoms with E-state index >= 15 is 0 Å². The lowest BCUT2D eigenvalue weighted by atomic mass is 10.1. The number of urea groups is 1. The van der Waals surface area contributed by atoms with Crippen molar-refractivity contribution in [2.45, 2.75) is 32.4 Å². The Hall–Kier alpha value is -0.810. The molecule has 98 valence electrons. The molecule has 5 nitrogen and oxygen atoms in total. The van der Waals surface area contributed by atoms with Gasteiger partial charge in [0, 0.05) is 26.2 Å². The minimum Gasteiger partial charge on any atom is -0.376 e. The third-order valence-corrected chi connectivity index (χ3v) is 3.54. The predicted octanol–water partition coefficient (Wildman–Crippen LogP) is 0.415. The molecule has 2 atom stereocenters. The highest BCUT2D eigenvalue weighted by atomic mass is 16.5. The van der Waals surface area contributed by atoms with Gasteiger partial charge in [0.05, 0.1) is 18.8 Å². The van der Waals surface area contributed by atoms with E-state index in [9.17, 15) is 4.79 Å². The Morgan fingerprint density at radius 1 is 1.53 bits per heavy atom. The van der Waals surface area contributed by atoms with E-state index in [4.69, 9.17) is 4.74 Å². The Morgan fingerprint density at radius 2 is 2.35 bits per heavy atom. The summed E-state index contributed by atoms with van der Waals surface area (Å²) in [5, 5.41) is 6.33. The molecule has 2 fully saturated rings. The molecule has 2 amide bonds. The summed E-state index contributed by atoms with van der Waals surface area (Å²) in [7, 11) is 0. The lowest BCUT2D eigenvalue weighted by Gasteiger charge is -2.25. The van der Waals surface area contributed by atoms with Gasteiger partial charge in [-0.2, -0.15) is 0 Å². The van der Waals surface area contributed by atoms with Crippen molar-refractivity contribution in [3.63, 3.8) is 0 Å². The van der Waals surface area contributed by atoms with Crippen LogP contribution < -0.4 is 10.6 Å². The Bertz CT molecular complexity index is 264. The largest absolute Gasteiger partial charge is 0.376 e. The highest BCUT2D eigenvalue weighted by Gasteiger charge is 2.30. The third kappa shape index (κ3) is 3.33. The fourth-order valence-corrected chi connectivity index (χ4v) is 2.29. The highest BCUT2D eigenvalue weighted by Crippen LogP contribution is 2.13. The lowest BCUT2D eigenvalue weighted by molar-refractivity contribution is 0.0200. The van der Waals surface area contributed by atoms with Crippen molar-refractivity contribution in [2.24, 2.45) is 5.92 Å². The van der Waals surface area contributed by atoms with Gasteiger partial charge in [0.2, 0.25) is 0 Å². The molecule has 2 aliphatic heterocycles. The second-order valence-corrected chi connectivity index (χ2v) is 5.23. The normalized spacial score (nSPS) is 29.8. The summed E-state index contributed by atoms with van der Waals surface area (Å²) in [6, 6.07) is 0.375. The first-order valence-electron chi connectivity index (χ1n) is 6.54. The van der Waals surface area contributed by atoms with E-state index in [0.717, 1.165) is 39.2 Å². The standard InChI is InChI=1S/C12H23N3O2/c1-9(2)11-8-15(12(16)14-11)5-3-10-7-13-4-6-17-10/h9-11,13H,3-8H2,1-2H3,(H,14,16). The van der Waals surface area contributed by atoms with Gasteiger partial charge in [-0.1, -0.05) is 13.8 Å². The number of carbonyl (C=O) groups is 1. The molecule has 2 saturated heterocycles. The number of hydrogen-bond donors (Lipinski definition) is 2. The van der Waals surface area contributed by atoms with E-state index in [-0.39, 0.29) is 12.1 Å². The number of hydrogen-bond acceptors (Lipinski definition) is 3. The van der Waals surface area contributed by atoms with Crippen molar-refractivity contribution < 1.29 is 9.53 Å². The van der Waals surface area contributed by atoms with E-state index in [1.165, 1.54) is 0 Å². The summed E-state index contributed by atoms with van der Waals surface area (Å²) >= 11 is 0. The van der Waals surface area contributed by atoms with Gasteiger partial charge in [-0.15, -0.1) is 0 Å². The van der Waals surface area contributed by atoms with Crippen LogP contribution in [0.4, 0.5) is 4.79 Å². The van der Waals surface area contributed by atoms with Crippen molar-refractivity contribution in [1.29, 1.82) is 0 Å². The summed E-state index contributed by atoms with van der Waals surface area (Å²) < 4.78 is 5.63. The Labute approximate surface area is 103 Å². The van der Waals surface area contributed by atoms with E-state index in [0.29, 0.717) is 12.0 Å². The van der Waals surface area contributed by atoms with Crippen LogP contribution >= 0.6 is 0 Å². The zero-order valence-electron chi connectivity index (χ0n) is 10.7. The molecule has 5 heteroatoms. The molecule has 0 spiro atoms. The van der Waals surface area contributed by atoms with Crippen molar-refractivity contribution in [1.82, 2.24) is 15.5 Å². The summed E-state index contributed by atoms with van der Waals surface area (Å²) in [4.78, 5) is 13.6. The smallest absolute Gasteiger partial charge is 0.317 e. The summed E-state index contributed by atoms with van der Waals surface area (Å²) in [5.41, 5.74) is 0. The number of nitrogens with one attached hydrogen (secondary N) is 2. The zero-order chi connectivity index (χ0) is 12.3. The molecule has 2 heterocycles. The zero-order valence-corrected chi connectivity index (χ0v) is 10.7. The lowest BCUT2D eigenvalue weighted by Crippen LogP contribution is -2.41. The molecule has 0 radical (unpaired) electrons. The van der Waals surface area contributed by atoms with Gasteiger partial charge in [0.25, 0.3) is 0 Å². The van der Waals surface area contributed by atoms with Crippen molar-refractivity contribution in [3.8, 4) is 0 Å². The van der Waals surface area contributed by atoms with Crippen LogP contribution in [-0.2, 0) is 4.74 Å². The van der Waals surface area contributed by atoms with Gasteiger partial charge >= 0.3 is 6.03 Å². The van der Waals surface area contributed by atoms with E-state index in [1.807, 2.05) is 4.90 Å². The number of rotatable bonds is 4. The molecule has 0 aromatic rings. The number of nitrogens with zero attached hydrogens (tertiary/aromatic N) is 1. The molecule has 2 unspecified atom stereocenters. The van der Waals surface area contributed by atoms with Gasteiger partial charge in [-0.3, -0.25) is 0 Å². The first-order valence-corrected chi connectivity index (χ1v) is 6.54. The summed E-state index contributed by atoms with van der Waals surface area (Å²) in [6.45, 7) is 8.54. The second kappa shape index (κ2) is 5.69. The van der Waals surface area contributed by atoms with Crippen LogP contribution in [-0.4, -0.2) is 55.9 Å². The van der Waals surface area contributed by atoms with Crippen LogP contribution in [0.25, 0.3) is 0 Å². The van der Waals surface area contributed by atoms with Gasteiger partial charge in [-0.25, -0.2) is 4.79 Å². The number of amides is 2. The van der Waals surface area contributed by atoms with Crippen LogP contribution in [0.1, 0.15) is 20.3 Å². The Morgan fingerprint density at radius 3 is 2.94 bits per heavy atom. The Kier molecular flexibility index (Phi) is 4.23. The topological polar surface area (TPSA) is 53.6 Å². The molecular formula is C12H23N3O2. The quantitative estimate of drug-likeness (QED) is 0.750. The van der Waals surface area contributed by atoms with Gasteiger partial charge in [-0.05, 0) is 12.3 Å².